The molecule has 0 aliphatic heterocycles. The number of nitrogens with two attached hydrogens (primary N) is 1. The van der Waals surface area contributed by atoms with Crippen molar-refractivity contribution < 1.29 is 34.2 Å². The summed E-state index contributed by atoms with van der Waals surface area (Å²) < 4.78 is 0. The number of carbonyl (C=O) groups excluding carboxylic acids is 3. The molecule has 3 amide bonds. The van der Waals surface area contributed by atoms with Gasteiger partial charge in [0.1, 0.15) is 18.1 Å². The minimum atomic E-state index is -1.64. The van der Waals surface area contributed by atoms with E-state index in [4.69, 9.17) is 5.73 Å². The molecule has 2 rings (SSSR count). The Hall–Kier alpha value is -3.92. The Balaban J connectivity index is 2.17. The maximum atomic E-state index is 13.0. The Labute approximate surface area is 204 Å². The summed E-state index contributed by atoms with van der Waals surface area (Å²) in [4.78, 5) is 74.0. The molecule has 0 saturated heterocycles. The Morgan fingerprint density at radius 2 is 1.34 bits per heavy atom. The van der Waals surface area contributed by atoms with Gasteiger partial charge < -0.3 is 41.9 Å². The number of amides is 3. The van der Waals surface area contributed by atoms with E-state index in [-0.39, 0.29) is 18.6 Å². The fraction of sp³-hybridized carbons (Fsp3) is 0.421. The smallest absolute Gasteiger partial charge is 0.326 e. The van der Waals surface area contributed by atoms with Crippen molar-refractivity contribution in [2.75, 3.05) is 5.75 Å². The van der Waals surface area contributed by atoms with Gasteiger partial charge in [-0.15, -0.1) is 0 Å². The van der Waals surface area contributed by atoms with Crippen LogP contribution >= 0.6 is 12.6 Å². The second kappa shape index (κ2) is 13.1. The number of aliphatic carboxylic acids is 2. The second-order valence-corrected chi connectivity index (χ2v) is 7.84. The van der Waals surface area contributed by atoms with Gasteiger partial charge >= 0.3 is 11.9 Å². The maximum absolute atomic E-state index is 13.0. The fourth-order valence-corrected chi connectivity index (χ4v) is 3.10. The average molecular weight is 511 g/mol. The SMILES string of the molecule is NC(CS)C(=O)NC(Cc1cnc[nH]1)C(=O)NC(CC(=O)O)C(=O)NC(Cc1cnc[nH]1)C(=O)O. The van der Waals surface area contributed by atoms with Crippen molar-refractivity contribution in [2.24, 2.45) is 5.73 Å². The Morgan fingerprint density at radius 1 is 0.857 bits per heavy atom. The van der Waals surface area contributed by atoms with Gasteiger partial charge in [0, 0.05) is 42.4 Å². The lowest BCUT2D eigenvalue weighted by atomic mass is 10.1. The molecule has 0 aromatic carbocycles. The third-order valence-corrected chi connectivity index (χ3v) is 5.14. The van der Waals surface area contributed by atoms with E-state index in [1.54, 1.807) is 0 Å². The van der Waals surface area contributed by atoms with E-state index in [0.29, 0.717) is 11.4 Å². The number of carboxylic acid groups (broad SMARTS) is 2. The molecule has 16 heteroatoms. The number of nitrogens with zero attached hydrogens (tertiary/aromatic N) is 2. The summed E-state index contributed by atoms with van der Waals surface area (Å²) in [5.74, 6) is -5.41. The molecule has 4 unspecified atom stereocenters. The van der Waals surface area contributed by atoms with Crippen molar-refractivity contribution in [3.8, 4) is 0 Å². The summed E-state index contributed by atoms with van der Waals surface area (Å²) in [6.07, 6.45) is 4.41. The Morgan fingerprint density at radius 3 is 1.80 bits per heavy atom. The van der Waals surface area contributed by atoms with E-state index in [1.165, 1.54) is 25.0 Å². The highest BCUT2D eigenvalue weighted by Crippen LogP contribution is 2.04. The third-order valence-electron chi connectivity index (χ3n) is 4.75. The molecule has 0 fully saturated rings. The Kier molecular flexibility index (Phi) is 10.2. The summed E-state index contributed by atoms with van der Waals surface area (Å²) >= 11 is 3.94. The second-order valence-electron chi connectivity index (χ2n) is 7.47. The van der Waals surface area contributed by atoms with Gasteiger partial charge in [0.25, 0.3) is 0 Å². The van der Waals surface area contributed by atoms with Crippen LogP contribution in [0, 0.1) is 0 Å². The topological polar surface area (TPSA) is 245 Å². The minimum Gasteiger partial charge on any atom is -0.481 e. The number of imidazole rings is 2. The van der Waals surface area contributed by atoms with Crippen molar-refractivity contribution in [1.29, 1.82) is 0 Å². The molecule has 4 atom stereocenters. The maximum Gasteiger partial charge on any atom is 0.326 e. The molecule has 0 aliphatic carbocycles. The number of carboxylic acids is 2. The van der Waals surface area contributed by atoms with E-state index in [2.05, 4.69) is 48.5 Å². The Bertz CT molecular complexity index is 1010. The quantitative estimate of drug-likeness (QED) is 0.118. The van der Waals surface area contributed by atoms with Gasteiger partial charge in [-0.3, -0.25) is 19.2 Å². The zero-order valence-electron chi connectivity index (χ0n) is 18.3. The van der Waals surface area contributed by atoms with Crippen molar-refractivity contribution >= 4 is 42.3 Å². The number of aromatic nitrogens is 4. The number of hydrogen-bond acceptors (Lipinski definition) is 9. The number of rotatable bonds is 14. The number of H-pyrrole nitrogens is 2. The van der Waals surface area contributed by atoms with Gasteiger partial charge in [0.15, 0.2) is 0 Å². The molecule has 9 N–H and O–H groups in total. The van der Waals surface area contributed by atoms with E-state index < -0.39 is 60.2 Å². The average Bonchev–Trinajstić information content (AvgIpc) is 3.50. The standard InChI is InChI=1S/C19H26N8O7S/c20-11(6-35)16(30)25-12(1-9-4-21-7-23-9)17(31)26-13(3-15(28)29)18(32)27-14(19(33)34)2-10-5-22-8-24-10/h4-5,7-8,11-14,35H,1-3,6,20H2,(H,21,23)(H,22,24)(H,25,30)(H,26,31)(H,27,32)(H,28,29)(H,33,34). The number of hydrogen-bond donors (Lipinski definition) is 9. The molecule has 0 radical (unpaired) electrons. The van der Waals surface area contributed by atoms with Crippen LogP contribution in [0.2, 0.25) is 0 Å². The molecular formula is C19H26N8O7S. The van der Waals surface area contributed by atoms with E-state index in [1.807, 2.05) is 0 Å². The highest BCUT2D eigenvalue weighted by atomic mass is 32.1. The first-order chi connectivity index (χ1) is 16.6. The first-order valence-corrected chi connectivity index (χ1v) is 10.9. The summed E-state index contributed by atoms with van der Waals surface area (Å²) in [5.41, 5.74) is 6.53. The van der Waals surface area contributed by atoms with Crippen molar-refractivity contribution in [2.45, 2.75) is 43.4 Å². The number of carbonyl (C=O) groups is 5. The zero-order chi connectivity index (χ0) is 26.0. The lowest BCUT2D eigenvalue weighted by molar-refractivity contribution is -0.143. The lowest BCUT2D eigenvalue weighted by Crippen LogP contribution is -2.58. The monoisotopic (exact) mass is 510 g/mol. The van der Waals surface area contributed by atoms with E-state index >= 15 is 0 Å². The summed E-state index contributed by atoms with van der Waals surface area (Å²) in [5, 5.41) is 25.6. The first-order valence-electron chi connectivity index (χ1n) is 10.3. The molecule has 2 heterocycles. The highest BCUT2D eigenvalue weighted by Gasteiger charge is 2.32. The minimum absolute atomic E-state index is 0.00117. The lowest BCUT2D eigenvalue weighted by Gasteiger charge is -2.24. The van der Waals surface area contributed by atoms with Crippen LogP contribution in [0.5, 0.6) is 0 Å². The molecular weight excluding hydrogens is 484 g/mol. The molecule has 2 aromatic rings. The summed E-state index contributed by atoms with van der Waals surface area (Å²) in [6, 6.07) is -5.33. The third kappa shape index (κ3) is 8.74. The van der Waals surface area contributed by atoms with Crippen molar-refractivity contribution in [3.05, 3.63) is 36.4 Å². The van der Waals surface area contributed by atoms with Gasteiger partial charge in [0.05, 0.1) is 25.1 Å². The van der Waals surface area contributed by atoms with E-state index in [9.17, 15) is 34.2 Å². The largest absolute Gasteiger partial charge is 0.481 e. The van der Waals surface area contributed by atoms with Crippen molar-refractivity contribution in [3.63, 3.8) is 0 Å². The van der Waals surface area contributed by atoms with Crippen LogP contribution < -0.4 is 21.7 Å². The molecule has 2 aromatic heterocycles. The van der Waals surface area contributed by atoms with Gasteiger partial charge in [-0.25, -0.2) is 14.8 Å². The fourth-order valence-electron chi connectivity index (χ4n) is 2.93. The molecule has 0 bridgehead atoms. The van der Waals surface area contributed by atoms with Crippen LogP contribution in [-0.2, 0) is 36.8 Å². The highest BCUT2D eigenvalue weighted by molar-refractivity contribution is 7.80. The molecule has 190 valence electrons. The normalized spacial score (nSPS) is 14.2. The molecule has 0 saturated carbocycles. The molecule has 0 aliphatic rings. The van der Waals surface area contributed by atoms with Crippen LogP contribution in [0.15, 0.2) is 25.0 Å². The summed E-state index contributed by atoms with van der Waals surface area (Å²) in [6.45, 7) is 0. The first kappa shape index (κ1) is 27.3. The van der Waals surface area contributed by atoms with E-state index in [0.717, 1.165) is 0 Å². The molecule has 0 spiro atoms. The number of thiol groups is 1. The van der Waals surface area contributed by atoms with Gasteiger partial charge in [-0.05, 0) is 0 Å². The van der Waals surface area contributed by atoms with Gasteiger partial charge in [-0.1, -0.05) is 0 Å². The zero-order valence-corrected chi connectivity index (χ0v) is 19.2. The number of aromatic amines is 2. The van der Waals surface area contributed by atoms with Gasteiger partial charge in [0.2, 0.25) is 17.7 Å². The van der Waals surface area contributed by atoms with Crippen LogP contribution in [0.25, 0.3) is 0 Å². The van der Waals surface area contributed by atoms with Crippen LogP contribution in [0.3, 0.4) is 0 Å². The van der Waals surface area contributed by atoms with Crippen molar-refractivity contribution in [1.82, 2.24) is 35.9 Å². The molecule has 15 nitrogen and oxygen atoms in total. The van der Waals surface area contributed by atoms with Crippen LogP contribution in [0.1, 0.15) is 17.8 Å². The summed E-state index contributed by atoms with van der Waals surface area (Å²) in [7, 11) is 0. The van der Waals surface area contributed by atoms with Crippen LogP contribution in [0.4, 0.5) is 0 Å². The molecule has 35 heavy (non-hydrogen) atoms. The van der Waals surface area contributed by atoms with Crippen LogP contribution in [-0.4, -0.2) is 89.7 Å². The predicted octanol–water partition coefficient (Wildman–Crippen LogP) is -2.81. The van der Waals surface area contributed by atoms with Gasteiger partial charge in [-0.2, -0.15) is 12.6 Å². The predicted molar refractivity (Wildman–Crippen MR) is 122 cm³/mol. The number of nitrogens with one attached hydrogen (secondary N) is 5.